The summed E-state index contributed by atoms with van der Waals surface area (Å²) in [5.41, 5.74) is 0.977. The van der Waals surface area contributed by atoms with E-state index in [-0.39, 0.29) is 5.12 Å². The second-order valence-electron chi connectivity index (χ2n) is 3.88. The Hall–Kier alpha value is -1.59. The van der Waals surface area contributed by atoms with Crippen LogP contribution in [0.1, 0.15) is 22.2 Å². The number of fused-ring (bicyclic) bond motifs is 1. The minimum absolute atomic E-state index is 0.0894. The molecule has 19 heavy (non-hydrogen) atoms. The van der Waals surface area contributed by atoms with Crippen LogP contribution in [0.3, 0.4) is 0 Å². The third-order valence-electron chi connectivity index (χ3n) is 2.49. The molecule has 5 heteroatoms. The number of thioether (sulfide) groups is 1. The Morgan fingerprint density at radius 2 is 2.21 bits per heavy atom. The van der Waals surface area contributed by atoms with E-state index in [1.54, 1.807) is 6.07 Å². The van der Waals surface area contributed by atoms with Gasteiger partial charge in [0.05, 0.1) is 0 Å². The van der Waals surface area contributed by atoms with Crippen LogP contribution >= 0.6 is 23.1 Å². The normalized spacial score (nSPS) is 11.2. The molecule has 0 bridgehead atoms. The third-order valence-corrected chi connectivity index (χ3v) is 4.34. The van der Waals surface area contributed by atoms with E-state index in [0.29, 0.717) is 10.6 Å². The standard InChI is InChI=1S/C14H12O3S2/c1-9(15)18-7-3-5-10-4-2-6-12-11(10)8-13(19-12)14(16)17/h2-6,8H,7H2,1H3,(H,16,17). The van der Waals surface area contributed by atoms with Gasteiger partial charge in [0.25, 0.3) is 0 Å². The Bertz CT molecular complexity index is 656. The van der Waals surface area contributed by atoms with Crippen molar-refractivity contribution in [2.24, 2.45) is 0 Å². The molecule has 0 fully saturated rings. The molecule has 0 atom stereocenters. The highest BCUT2D eigenvalue weighted by Crippen LogP contribution is 2.29. The van der Waals surface area contributed by atoms with Crippen molar-refractivity contribution < 1.29 is 14.7 Å². The van der Waals surface area contributed by atoms with E-state index in [2.05, 4.69) is 0 Å². The number of hydrogen-bond donors (Lipinski definition) is 1. The van der Waals surface area contributed by atoms with Gasteiger partial charge in [0.2, 0.25) is 0 Å². The molecule has 0 aliphatic rings. The van der Waals surface area contributed by atoms with Crippen LogP contribution in [0.4, 0.5) is 0 Å². The van der Waals surface area contributed by atoms with Gasteiger partial charge in [0.1, 0.15) is 4.88 Å². The Morgan fingerprint density at radius 1 is 1.42 bits per heavy atom. The Kier molecular flexibility index (Phi) is 4.39. The SMILES string of the molecule is CC(=O)SCC=Cc1cccc2sc(C(=O)O)cc12. The van der Waals surface area contributed by atoms with Crippen LogP contribution in [0, 0.1) is 0 Å². The highest BCUT2D eigenvalue weighted by Gasteiger charge is 2.09. The number of carboxylic acids is 1. The summed E-state index contributed by atoms with van der Waals surface area (Å²) in [7, 11) is 0. The highest BCUT2D eigenvalue weighted by molar-refractivity contribution is 8.13. The van der Waals surface area contributed by atoms with Crippen molar-refractivity contribution in [2.75, 3.05) is 5.75 Å². The van der Waals surface area contributed by atoms with Crippen LogP contribution in [-0.2, 0) is 4.79 Å². The van der Waals surface area contributed by atoms with Crippen LogP contribution in [0.25, 0.3) is 16.2 Å². The van der Waals surface area contributed by atoms with Crippen molar-refractivity contribution in [3.63, 3.8) is 0 Å². The summed E-state index contributed by atoms with van der Waals surface area (Å²) in [6.45, 7) is 1.54. The Labute approximate surface area is 118 Å². The van der Waals surface area contributed by atoms with Crippen molar-refractivity contribution in [2.45, 2.75) is 6.92 Å². The minimum Gasteiger partial charge on any atom is -0.477 e. The molecule has 2 aromatic rings. The molecule has 2 rings (SSSR count). The molecular formula is C14H12O3S2. The molecule has 98 valence electrons. The van der Waals surface area contributed by atoms with E-state index in [1.807, 2.05) is 30.4 Å². The summed E-state index contributed by atoms with van der Waals surface area (Å²) in [4.78, 5) is 22.1. The summed E-state index contributed by atoms with van der Waals surface area (Å²) in [5, 5.41) is 10.0. The summed E-state index contributed by atoms with van der Waals surface area (Å²) in [6, 6.07) is 7.45. The number of aromatic carboxylic acids is 1. The molecule has 0 aliphatic heterocycles. The quantitative estimate of drug-likeness (QED) is 0.928. The second-order valence-corrected chi connectivity index (χ2v) is 6.16. The van der Waals surface area contributed by atoms with Gasteiger partial charge in [-0.3, -0.25) is 4.79 Å². The van der Waals surface area contributed by atoms with Crippen molar-refractivity contribution >= 4 is 50.3 Å². The maximum absolute atomic E-state index is 11.0. The molecular weight excluding hydrogens is 280 g/mol. The molecule has 0 saturated carbocycles. The van der Waals surface area contributed by atoms with E-state index < -0.39 is 5.97 Å². The number of benzene rings is 1. The molecule has 0 aliphatic carbocycles. The molecule has 0 amide bonds. The lowest BCUT2D eigenvalue weighted by molar-refractivity contribution is -0.109. The summed E-state index contributed by atoms with van der Waals surface area (Å²) in [5.74, 6) is -0.273. The van der Waals surface area contributed by atoms with Crippen molar-refractivity contribution in [1.29, 1.82) is 0 Å². The first kappa shape index (κ1) is 13.8. The molecule has 1 aromatic heterocycles. The van der Waals surface area contributed by atoms with Crippen LogP contribution in [0.15, 0.2) is 30.3 Å². The van der Waals surface area contributed by atoms with E-state index in [1.165, 1.54) is 30.0 Å². The van der Waals surface area contributed by atoms with Crippen molar-refractivity contribution in [3.8, 4) is 0 Å². The molecule has 0 spiro atoms. The first-order chi connectivity index (χ1) is 9.08. The topological polar surface area (TPSA) is 54.4 Å². The first-order valence-electron chi connectivity index (χ1n) is 5.63. The van der Waals surface area contributed by atoms with Crippen LogP contribution in [-0.4, -0.2) is 21.9 Å². The zero-order valence-electron chi connectivity index (χ0n) is 10.3. The maximum Gasteiger partial charge on any atom is 0.345 e. The zero-order chi connectivity index (χ0) is 13.8. The summed E-state index contributed by atoms with van der Waals surface area (Å²) in [6.07, 6.45) is 3.84. The molecule has 1 heterocycles. The van der Waals surface area contributed by atoms with Crippen molar-refractivity contribution in [1.82, 2.24) is 0 Å². The van der Waals surface area contributed by atoms with Crippen molar-refractivity contribution in [3.05, 3.63) is 40.8 Å². The largest absolute Gasteiger partial charge is 0.477 e. The number of carboxylic acid groups (broad SMARTS) is 1. The molecule has 1 N–H and O–H groups in total. The number of hydrogen-bond acceptors (Lipinski definition) is 4. The number of carbonyl (C=O) groups excluding carboxylic acids is 1. The van der Waals surface area contributed by atoms with Gasteiger partial charge in [0.15, 0.2) is 5.12 Å². The van der Waals surface area contributed by atoms with Gasteiger partial charge in [-0.15, -0.1) is 11.3 Å². The average Bonchev–Trinajstić information content (AvgIpc) is 2.79. The average molecular weight is 292 g/mol. The van der Waals surface area contributed by atoms with Gasteiger partial charge in [-0.2, -0.15) is 0 Å². The van der Waals surface area contributed by atoms with Gasteiger partial charge < -0.3 is 5.11 Å². The van der Waals surface area contributed by atoms with E-state index in [4.69, 9.17) is 5.11 Å². The molecule has 0 radical (unpaired) electrons. The predicted molar refractivity (Wildman–Crippen MR) is 81.0 cm³/mol. The summed E-state index contributed by atoms with van der Waals surface area (Å²) >= 11 is 2.52. The van der Waals surface area contributed by atoms with Crippen LogP contribution in [0.2, 0.25) is 0 Å². The van der Waals surface area contributed by atoms with Gasteiger partial charge in [0, 0.05) is 22.8 Å². The lowest BCUT2D eigenvalue weighted by Gasteiger charge is -1.96. The second kappa shape index (κ2) is 6.04. The van der Waals surface area contributed by atoms with Gasteiger partial charge in [-0.05, 0) is 17.7 Å². The predicted octanol–water partition coefficient (Wildman–Crippen LogP) is 3.89. The smallest absolute Gasteiger partial charge is 0.345 e. The van der Waals surface area contributed by atoms with E-state index >= 15 is 0 Å². The monoisotopic (exact) mass is 292 g/mol. The number of thiophene rings is 1. The zero-order valence-corrected chi connectivity index (χ0v) is 11.9. The lowest BCUT2D eigenvalue weighted by Crippen LogP contribution is -1.89. The molecule has 0 unspecified atom stereocenters. The molecule has 0 saturated heterocycles. The summed E-state index contributed by atoms with van der Waals surface area (Å²) < 4.78 is 0.957. The van der Waals surface area contributed by atoms with Crippen LogP contribution in [0.5, 0.6) is 0 Å². The molecule has 3 nitrogen and oxygen atoms in total. The van der Waals surface area contributed by atoms with Gasteiger partial charge in [-0.1, -0.05) is 36.0 Å². The Morgan fingerprint density at radius 3 is 2.89 bits per heavy atom. The highest BCUT2D eigenvalue weighted by atomic mass is 32.2. The van der Waals surface area contributed by atoms with E-state index in [9.17, 15) is 9.59 Å². The number of carbonyl (C=O) groups is 2. The fourth-order valence-electron chi connectivity index (χ4n) is 1.67. The van der Waals surface area contributed by atoms with E-state index in [0.717, 1.165) is 15.6 Å². The van der Waals surface area contributed by atoms with Gasteiger partial charge in [-0.25, -0.2) is 4.79 Å². The maximum atomic E-state index is 11.0. The third kappa shape index (κ3) is 3.45. The van der Waals surface area contributed by atoms with Gasteiger partial charge >= 0.3 is 5.97 Å². The Balaban J connectivity index is 2.27. The fourth-order valence-corrected chi connectivity index (χ4v) is 3.04. The molecule has 1 aromatic carbocycles. The lowest BCUT2D eigenvalue weighted by atomic mass is 10.1. The number of rotatable bonds is 4. The minimum atomic E-state index is -0.900. The van der Waals surface area contributed by atoms with Crippen LogP contribution < -0.4 is 0 Å². The first-order valence-corrected chi connectivity index (χ1v) is 7.44. The fraction of sp³-hybridized carbons (Fsp3) is 0.143.